The molecule has 7 nitrogen and oxygen atoms in total. The highest BCUT2D eigenvalue weighted by atomic mass is 19.4. The lowest BCUT2D eigenvalue weighted by Gasteiger charge is -2.10. The molecule has 0 aliphatic rings. The Morgan fingerprint density at radius 3 is 2.67 bits per heavy atom. The van der Waals surface area contributed by atoms with Gasteiger partial charge >= 0.3 is 12.0 Å². The second-order valence-electron chi connectivity index (χ2n) is 5.59. The van der Waals surface area contributed by atoms with Crippen LogP contribution in [-0.4, -0.2) is 19.6 Å². The van der Waals surface area contributed by atoms with E-state index in [9.17, 15) is 13.2 Å². The third kappa shape index (κ3) is 2.85. The number of halogens is 3. The number of alkyl halides is 3. The van der Waals surface area contributed by atoms with Crippen LogP contribution in [-0.2, 0) is 6.18 Å². The maximum atomic E-state index is 13.1. The molecule has 3 aromatic heterocycles. The molecule has 0 aliphatic heterocycles. The van der Waals surface area contributed by atoms with Crippen molar-refractivity contribution in [3.63, 3.8) is 0 Å². The highest BCUT2D eigenvalue weighted by Gasteiger charge is 2.34. The van der Waals surface area contributed by atoms with E-state index in [2.05, 4.69) is 15.1 Å². The zero-order valence-electron chi connectivity index (χ0n) is 13.4. The van der Waals surface area contributed by atoms with Gasteiger partial charge in [-0.25, -0.2) is 9.97 Å². The molecule has 0 bridgehead atoms. The fourth-order valence-corrected chi connectivity index (χ4v) is 2.57. The molecule has 0 saturated heterocycles. The van der Waals surface area contributed by atoms with E-state index in [-0.39, 0.29) is 23.0 Å². The smallest absolute Gasteiger partial charge is 0.403 e. The Morgan fingerprint density at radius 1 is 1.11 bits per heavy atom. The van der Waals surface area contributed by atoms with Crippen LogP contribution in [0.5, 0.6) is 0 Å². The highest BCUT2D eigenvalue weighted by molar-refractivity contribution is 5.65. The van der Waals surface area contributed by atoms with Gasteiger partial charge in [-0.15, -0.1) is 5.10 Å². The second-order valence-corrected chi connectivity index (χ2v) is 5.59. The molecule has 1 aromatic carbocycles. The maximum absolute atomic E-state index is 13.1. The van der Waals surface area contributed by atoms with Crippen LogP contribution in [0, 0.1) is 11.3 Å². The van der Waals surface area contributed by atoms with E-state index in [1.54, 1.807) is 24.3 Å². The largest absolute Gasteiger partial charge is 0.419 e. The summed E-state index contributed by atoms with van der Waals surface area (Å²) in [6, 6.07) is 9.46. The number of nitrogen functional groups attached to an aromatic ring is 1. The van der Waals surface area contributed by atoms with Gasteiger partial charge in [-0.2, -0.15) is 22.9 Å². The number of aromatic nitrogens is 4. The van der Waals surface area contributed by atoms with Gasteiger partial charge in [-0.05, 0) is 24.3 Å². The van der Waals surface area contributed by atoms with E-state index >= 15 is 0 Å². The molecule has 27 heavy (non-hydrogen) atoms. The molecule has 0 spiro atoms. The predicted octanol–water partition coefficient (Wildman–Crippen LogP) is 3.52. The monoisotopic (exact) mass is 370 g/mol. The first-order valence-corrected chi connectivity index (χ1v) is 7.55. The van der Waals surface area contributed by atoms with Gasteiger partial charge in [0.25, 0.3) is 0 Å². The molecule has 0 saturated carbocycles. The number of rotatable bonds is 2. The Kier molecular flexibility index (Phi) is 3.59. The number of nitriles is 1. The number of fused-ring (bicyclic) bond motifs is 1. The third-order valence-corrected chi connectivity index (χ3v) is 3.84. The van der Waals surface area contributed by atoms with Gasteiger partial charge < -0.3 is 10.2 Å². The fraction of sp³-hybridized carbons (Fsp3) is 0.0588. The van der Waals surface area contributed by atoms with Gasteiger partial charge in [0.1, 0.15) is 5.82 Å². The molecule has 0 amide bonds. The number of imidazole rings is 1. The summed E-state index contributed by atoms with van der Waals surface area (Å²) in [7, 11) is 0. The average molecular weight is 370 g/mol. The molecule has 134 valence electrons. The van der Waals surface area contributed by atoms with Crippen molar-refractivity contribution in [3.8, 4) is 28.8 Å². The number of pyridine rings is 1. The minimum absolute atomic E-state index is 0.0905. The molecule has 4 rings (SSSR count). The van der Waals surface area contributed by atoms with Crippen LogP contribution in [0.25, 0.3) is 28.6 Å². The number of benzene rings is 1. The quantitative estimate of drug-likeness (QED) is 0.579. The van der Waals surface area contributed by atoms with Crippen molar-refractivity contribution in [1.29, 1.82) is 5.26 Å². The molecule has 0 radical (unpaired) electrons. The topological polar surface area (TPSA) is 106 Å². The molecule has 0 fully saturated rings. The lowest BCUT2D eigenvalue weighted by atomic mass is 10.1. The molecule has 4 aromatic rings. The molecule has 3 heterocycles. The Balaban J connectivity index is 1.83. The fourth-order valence-electron chi connectivity index (χ4n) is 2.57. The average Bonchev–Trinajstić information content (AvgIpc) is 3.22. The van der Waals surface area contributed by atoms with Gasteiger partial charge in [0.05, 0.1) is 29.1 Å². The Morgan fingerprint density at radius 2 is 1.93 bits per heavy atom. The molecule has 0 atom stereocenters. The number of hydrogen-bond donors (Lipinski definition) is 1. The highest BCUT2D eigenvalue weighted by Crippen LogP contribution is 2.35. The molecule has 0 aliphatic carbocycles. The SMILES string of the molecule is N#Cc1cccc(-c2nn3c(-c4cnc(N)c(C(F)(F)F)c4)cnc3o2)c1. The second kappa shape index (κ2) is 5.84. The van der Waals surface area contributed by atoms with E-state index in [1.165, 1.54) is 16.9 Å². The predicted molar refractivity (Wildman–Crippen MR) is 88.0 cm³/mol. The van der Waals surface area contributed by atoms with E-state index in [1.807, 2.05) is 6.07 Å². The van der Waals surface area contributed by atoms with E-state index in [0.29, 0.717) is 11.1 Å². The van der Waals surface area contributed by atoms with Gasteiger partial charge in [0.2, 0.25) is 5.89 Å². The van der Waals surface area contributed by atoms with E-state index in [0.717, 1.165) is 6.07 Å². The Labute approximate surface area is 149 Å². The van der Waals surface area contributed by atoms with Crippen molar-refractivity contribution in [3.05, 3.63) is 53.9 Å². The Hall–Kier alpha value is -3.87. The van der Waals surface area contributed by atoms with Gasteiger partial charge in [0, 0.05) is 17.3 Å². The van der Waals surface area contributed by atoms with Crippen LogP contribution >= 0.6 is 0 Å². The number of nitrogens with two attached hydrogens (primary N) is 1. The summed E-state index contributed by atoms with van der Waals surface area (Å²) in [5, 5.41) is 13.2. The van der Waals surface area contributed by atoms with Gasteiger partial charge in [-0.1, -0.05) is 6.07 Å². The molecule has 2 N–H and O–H groups in total. The number of hydrogen-bond acceptors (Lipinski definition) is 6. The van der Waals surface area contributed by atoms with Crippen molar-refractivity contribution in [2.45, 2.75) is 6.18 Å². The molecule has 0 unspecified atom stereocenters. The normalized spacial score (nSPS) is 11.6. The summed E-state index contributed by atoms with van der Waals surface area (Å²) >= 11 is 0. The number of nitrogens with zero attached hydrogens (tertiary/aromatic N) is 5. The summed E-state index contributed by atoms with van der Waals surface area (Å²) in [6.45, 7) is 0. The van der Waals surface area contributed by atoms with Crippen LogP contribution in [0.1, 0.15) is 11.1 Å². The van der Waals surface area contributed by atoms with Crippen molar-refractivity contribution >= 4 is 11.7 Å². The lowest BCUT2D eigenvalue weighted by Crippen LogP contribution is -2.10. The summed E-state index contributed by atoms with van der Waals surface area (Å²) in [5.41, 5.74) is 5.64. The zero-order valence-corrected chi connectivity index (χ0v) is 13.4. The summed E-state index contributed by atoms with van der Waals surface area (Å²) in [6.07, 6.45) is -2.10. The van der Waals surface area contributed by atoms with Crippen LogP contribution in [0.3, 0.4) is 0 Å². The van der Waals surface area contributed by atoms with Crippen LogP contribution in [0.15, 0.2) is 47.1 Å². The molecular weight excluding hydrogens is 361 g/mol. The standard InChI is InChI=1S/C17H9F3N6O/c18-17(19,20)12-5-11(7-23-14(12)22)13-8-24-16-26(13)25-15(27-16)10-3-1-2-9(4-10)6-21/h1-5,7-8H,(H2,22,23). The van der Waals surface area contributed by atoms with Crippen molar-refractivity contribution in [1.82, 2.24) is 19.6 Å². The van der Waals surface area contributed by atoms with E-state index in [4.69, 9.17) is 15.4 Å². The van der Waals surface area contributed by atoms with Gasteiger partial charge in [-0.3, -0.25) is 0 Å². The maximum Gasteiger partial charge on any atom is 0.419 e. The van der Waals surface area contributed by atoms with Crippen molar-refractivity contribution in [2.24, 2.45) is 0 Å². The van der Waals surface area contributed by atoms with Gasteiger partial charge in [0.15, 0.2) is 0 Å². The number of anilines is 1. The first-order valence-electron chi connectivity index (χ1n) is 7.55. The van der Waals surface area contributed by atoms with E-state index < -0.39 is 17.6 Å². The summed E-state index contributed by atoms with van der Waals surface area (Å²) < 4.78 is 46.0. The summed E-state index contributed by atoms with van der Waals surface area (Å²) in [5.74, 6) is -0.343. The zero-order chi connectivity index (χ0) is 19.2. The minimum Gasteiger partial charge on any atom is -0.403 e. The molecular formula is C17H9F3N6O. The minimum atomic E-state index is -4.64. The van der Waals surface area contributed by atoms with Crippen LogP contribution in [0.4, 0.5) is 19.0 Å². The van der Waals surface area contributed by atoms with Crippen LogP contribution in [0.2, 0.25) is 0 Å². The lowest BCUT2D eigenvalue weighted by molar-refractivity contribution is -0.137. The molecule has 10 heteroatoms. The first kappa shape index (κ1) is 16.6. The van der Waals surface area contributed by atoms with Crippen molar-refractivity contribution in [2.75, 3.05) is 5.73 Å². The third-order valence-electron chi connectivity index (χ3n) is 3.84. The first-order chi connectivity index (χ1) is 12.9. The Bertz CT molecular complexity index is 1200. The van der Waals surface area contributed by atoms with Crippen LogP contribution < -0.4 is 5.73 Å². The van der Waals surface area contributed by atoms with Crippen molar-refractivity contribution < 1.29 is 17.6 Å². The summed E-state index contributed by atoms with van der Waals surface area (Å²) in [4.78, 5) is 7.64.